The molecule has 0 bridgehead atoms. The maximum Gasteiger partial charge on any atom is 0.343 e. The standard InChI is InChI=1S/C25H28FN3O6S/c1-27-21(30)19-7-2-16(14-20(19)26)22(31)35-17-3-5-18(6-4-17)36(34)25(23(32)29-33)9-8-24(15-25)10-12-28-13-11-24/h2-7,14,28,33H,8-13,15H2,1H3,(H,27,30)(H,29,32). The van der Waals surface area contributed by atoms with Gasteiger partial charge in [-0.25, -0.2) is 14.7 Å². The van der Waals surface area contributed by atoms with Gasteiger partial charge in [-0.15, -0.1) is 0 Å². The Kier molecular flexibility index (Phi) is 7.65. The van der Waals surface area contributed by atoms with E-state index in [1.54, 1.807) is 5.48 Å². The molecule has 2 atom stereocenters. The molecule has 2 unspecified atom stereocenters. The third kappa shape index (κ3) is 4.96. The largest absolute Gasteiger partial charge is 0.611 e. The molecule has 4 N–H and O–H groups in total. The van der Waals surface area contributed by atoms with E-state index in [4.69, 9.17) is 4.74 Å². The Hall–Kier alpha value is -2.99. The number of carbonyl (C=O) groups is 3. The Morgan fingerprint density at radius 1 is 1.08 bits per heavy atom. The number of carbonyl (C=O) groups excluding carboxylic acids is 3. The Labute approximate surface area is 210 Å². The highest BCUT2D eigenvalue weighted by molar-refractivity contribution is 7.93. The number of halogens is 1. The van der Waals surface area contributed by atoms with Gasteiger partial charge in [-0.2, -0.15) is 0 Å². The molecule has 2 aromatic carbocycles. The van der Waals surface area contributed by atoms with Crippen LogP contribution in [0.3, 0.4) is 0 Å². The lowest BCUT2D eigenvalue weighted by Crippen LogP contribution is -2.51. The molecule has 36 heavy (non-hydrogen) atoms. The Bertz CT molecular complexity index is 1150. The average Bonchev–Trinajstić information content (AvgIpc) is 3.27. The number of amides is 2. The number of nitrogens with one attached hydrogen (secondary N) is 3. The summed E-state index contributed by atoms with van der Waals surface area (Å²) in [6, 6.07) is 9.30. The van der Waals surface area contributed by atoms with Gasteiger partial charge in [-0.3, -0.25) is 14.8 Å². The summed E-state index contributed by atoms with van der Waals surface area (Å²) in [5, 5.41) is 15.0. The van der Waals surface area contributed by atoms with E-state index in [9.17, 15) is 28.5 Å². The Morgan fingerprint density at radius 3 is 2.39 bits per heavy atom. The molecule has 0 radical (unpaired) electrons. The molecule has 192 valence electrons. The van der Waals surface area contributed by atoms with Gasteiger partial charge in [-0.1, -0.05) is 0 Å². The number of benzene rings is 2. The van der Waals surface area contributed by atoms with Crippen molar-refractivity contribution in [3.05, 3.63) is 59.4 Å². The van der Waals surface area contributed by atoms with Crippen molar-refractivity contribution in [1.29, 1.82) is 0 Å². The third-order valence-corrected chi connectivity index (χ3v) is 9.12. The normalized spacial score (nSPS) is 21.6. The predicted molar refractivity (Wildman–Crippen MR) is 129 cm³/mol. The summed E-state index contributed by atoms with van der Waals surface area (Å²) in [6.07, 6.45) is 3.31. The fourth-order valence-electron chi connectivity index (χ4n) is 5.16. The summed E-state index contributed by atoms with van der Waals surface area (Å²) < 4.78 is 31.9. The molecule has 4 rings (SSSR count). The van der Waals surface area contributed by atoms with Crippen molar-refractivity contribution in [2.75, 3.05) is 20.1 Å². The second-order valence-electron chi connectivity index (χ2n) is 9.27. The molecule has 1 heterocycles. The molecule has 1 aliphatic carbocycles. The summed E-state index contributed by atoms with van der Waals surface area (Å²) in [5.41, 5.74) is 1.36. The lowest BCUT2D eigenvalue weighted by Gasteiger charge is -2.36. The number of esters is 1. The average molecular weight is 518 g/mol. The quantitative estimate of drug-likeness (QED) is 0.152. The third-order valence-electron chi connectivity index (χ3n) is 7.18. The van der Waals surface area contributed by atoms with Crippen LogP contribution in [0, 0.1) is 11.2 Å². The number of hydrogen-bond donors (Lipinski definition) is 4. The molecule has 2 aliphatic rings. The molecule has 1 spiro atoms. The van der Waals surface area contributed by atoms with Gasteiger partial charge in [0, 0.05) is 31.1 Å². The highest BCUT2D eigenvalue weighted by Crippen LogP contribution is 2.54. The van der Waals surface area contributed by atoms with E-state index >= 15 is 0 Å². The zero-order valence-electron chi connectivity index (χ0n) is 19.8. The topological polar surface area (TPSA) is 140 Å². The van der Waals surface area contributed by atoms with Crippen LogP contribution in [0.2, 0.25) is 0 Å². The van der Waals surface area contributed by atoms with Crippen molar-refractivity contribution < 1.29 is 33.3 Å². The highest BCUT2D eigenvalue weighted by atomic mass is 32.2. The molecule has 2 amide bonds. The lowest BCUT2D eigenvalue weighted by atomic mass is 9.77. The molecule has 2 aromatic rings. The Balaban J connectivity index is 1.49. The minimum Gasteiger partial charge on any atom is -0.611 e. The summed E-state index contributed by atoms with van der Waals surface area (Å²) >= 11 is -1.76. The van der Waals surface area contributed by atoms with Gasteiger partial charge in [0.15, 0.2) is 4.90 Å². The zero-order valence-corrected chi connectivity index (χ0v) is 20.6. The number of hydroxylamine groups is 1. The molecular formula is C25H28FN3O6S. The molecule has 1 aliphatic heterocycles. The number of ether oxygens (including phenoxy) is 1. The van der Waals surface area contributed by atoms with Gasteiger partial charge in [-0.05, 0) is 80.2 Å². The van der Waals surface area contributed by atoms with E-state index < -0.39 is 39.5 Å². The second-order valence-corrected chi connectivity index (χ2v) is 11.1. The van der Waals surface area contributed by atoms with Crippen LogP contribution in [0.5, 0.6) is 5.75 Å². The molecule has 2 fully saturated rings. The van der Waals surface area contributed by atoms with Gasteiger partial charge >= 0.3 is 5.97 Å². The van der Waals surface area contributed by atoms with E-state index in [2.05, 4.69) is 10.6 Å². The SMILES string of the molecule is CNC(=O)c1ccc(C(=O)Oc2ccc([S+]([O-])C3(C(=O)NO)CCC4(CCNCC4)C3)cc2)cc1F. The van der Waals surface area contributed by atoms with E-state index in [1.807, 2.05) is 0 Å². The molecule has 9 nitrogen and oxygen atoms in total. The van der Waals surface area contributed by atoms with Crippen LogP contribution >= 0.6 is 0 Å². The lowest BCUT2D eigenvalue weighted by molar-refractivity contribution is -0.132. The van der Waals surface area contributed by atoms with Crippen LogP contribution in [0.25, 0.3) is 0 Å². The van der Waals surface area contributed by atoms with Crippen molar-refractivity contribution in [3.8, 4) is 5.75 Å². The maximum absolute atomic E-state index is 14.2. The minimum atomic E-state index is -1.76. The van der Waals surface area contributed by atoms with Crippen molar-refractivity contribution in [2.45, 2.75) is 41.7 Å². The van der Waals surface area contributed by atoms with Crippen molar-refractivity contribution in [3.63, 3.8) is 0 Å². The Morgan fingerprint density at radius 2 is 1.78 bits per heavy atom. The van der Waals surface area contributed by atoms with Crippen LogP contribution in [-0.4, -0.2) is 52.4 Å². The van der Waals surface area contributed by atoms with Crippen molar-refractivity contribution in [1.82, 2.24) is 16.1 Å². The first-order chi connectivity index (χ1) is 17.2. The monoisotopic (exact) mass is 517 g/mol. The van der Waals surface area contributed by atoms with Gasteiger partial charge in [0.25, 0.3) is 11.8 Å². The van der Waals surface area contributed by atoms with E-state index in [0.717, 1.165) is 38.4 Å². The van der Waals surface area contributed by atoms with Gasteiger partial charge in [0.2, 0.25) is 4.75 Å². The van der Waals surface area contributed by atoms with Crippen LogP contribution in [0.4, 0.5) is 4.39 Å². The first kappa shape index (κ1) is 26.1. The van der Waals surface area contributed by atoms with Crippen LogP contribution in [0.1, 0.15) is 52.8 Å². The zero-order chi connectivity index (χ0) is 25.9. The van der Waals surface area contributed by atoms with Crippen LogP contribution in [0.15, 0.2) is 47.4 Å². The number of hydrogen-bond acceptors (Lipinski definition) is 7. The fraction of sp³-hybridized carbons (Fsp3) is 0.400. The summed E-state index contributed by atoms with van der Waals surface area (Å²) in [4.78, 5) is 37.2. The van der Waals surface area contributed by atoms with Crippen LogP contribution < -0.4 is 20.9 Å². The predicted octanol–water partition coefficient (Wildman–Crippen LogP) is 2.31. The first-order valence-corrected chi connectivity index (χ1v) is 12.8. The van der Waals surface area contributed by atoms with Crippen molar-refractivity contribution in [2.24, 2.45) is 5.41 Å². The van der Waals surface area contributed by atoms with Crippen molar-refractivity contribution >= 4 is 29.0 Å². The van der Waals surface area contributed by atoms with Crippen LogP contribution in [-0.2, 0) is 16.0 Å². The summed E-state index contributed by atoms with van der Waals surface area (Å²) in [6.45, 7) is 1.67. The molecule has 11 heteroatoms. The molecule has 1 saturated carbocycles. The number of piperidine rings is 1. The molecule has 1 saturated heterocycles. The summed E-state index contributed by atoms with van der Waals surface area (Å²) in [5.74, 6) is -2.82. The van der Waals surface area contributed by atoms with Gasteiger partial charge in [0.1, 0.15) is 11.6 Å². The minimum absolute atomic E-state index is 0.0791. The molecular weight excluding hydrogens is 489 g/mol. The van der Waals surface area contributed by atoms with Gasteiger partial charge < -0.3 is 19.9 Å². The first-order valence-electron chi connectivity index (χ1n) is 11.6. The smallest absolute Gasteiger partial charge is 0.343 e. The second kappa shape index (κ2) is 10.6. The fourth-order valence-corrected chi connectivity index (χ4v) is 6.93. The van der Waals surface area contributed by atoms with Gasteiger partial charge in [0.05, 0.1) is 11.1 Å². The summed E-state index contributed by atoms with van der Waals surface area (Å²) in [7, 11) is 1.37. The van der Waals surface area contributed by atoms with E-state index in [-0.39, 0.29) is 22.3 Å². The number of rotatable bonds is 6. The van der Waals surface area contributed by atoms with E-state index in [1.165, 1.54) is 43.4 Å². The highest BCUT2D eigenvalue weighted by Gasteiger charge is 2.60. The van der Waals surface area contributed by atoms with E-state index in [0.29, 0.717) is 17.7 Å². The maximum atomic E-state index is 14.2. The molecule has 0 aromatic heterocycles.